The Balaban J connectivity index is -0.00000000450. The summed E-state index contributed by atoms with van der Waals surface area (Å²) in [5, 5.41) is 14.8. The average Bonchev–Trinajstić information content (AvgIpc) is 0.811. The molecule has 9 heteroatoms. The van der Waals surface area contributed by atoms with Crippen LogP contribution in [0.25, 0.3) is 0 Å². The van der Waals surface area contributed by atoms with Crippen LogP contribution in [-0.4, -0.2) is 27.0 Å². The molecule has 0 aliphatic rings. The first-order chi connectivity index (χ1) is 1.73. The van der Waals surface area contributed by atoms with E-state index in [2.05, 4.69) is 0 Å². The van der Waals surface area contributed by atoms with E-state index in [-0.39, 0.29) is 39.0 Å². The monoisotopic (exact) mass is 197 g/mol. The molecule has 0 aliphatic heterocycles. The van der Waals surface area contributed by atoms with Crippen molar-refractivity contribution in [3.8, 4) is 0 Å². The van der Waals surface area contributed by atoms with Crippen LogP contribution in [0.1, 0.15) is 0 Å². The molecule has 0 fully saturated rings. The molecule has 0 amide bonds. The zero-order valence-electron chi connectivity index (χ0n) is 3.97. The Morgan fingerprint density at radius 3 is 0.889 bits per heavy atom. The first kappa shape index (κ1) is 74.7. The Hall–Kier alpha value is -0.441. The van der Waals surface area contributed by atoms with Gasteiger partial charge >= 0.3 is 17.1 Å². The van der Waals surface area contributed by atoms with Crippen molar-refractivity contribution >= 4 is 0 Å². The van der Waals surface area contributed by atoms with Gasteiger partial charge in [0, 0.05) is 0 Å². The minimum Gasteiger partial charge on any atom is -0.412 e. The molecule has 1 radical (unpaired) electrons. The Labute approximate surface area is 60.3 Å². The molecule has 8 nitrogen and oxygen atoms in total. The zero-order chi connectivity index (χ0) is 3.58. The van der Waals surface area contributed by atoms with Gasteiger partial charge in [0.1, 0.15) is 0 Å². The summed E-state index contributed by atoms with van der Waals surface area (Å²) < 4.78 is 0. The van der Waals surface area contributed by atoms with Crippen LogP contribution >= 0.6 is 0 Å². The normalized spacial score (nSPS) is 2.67. The molecule has 0 aliphatic carbocycles. The molecule has 0 saturated carbocycles. The second-order valence-electron chi connectivity index (χ2n) is 0.224. The van der Waals surface area contributed by atoms with Gasteiger partial charge in [0.2, 0.25) is 0 Å². The predicted octanol–water partition coefficient (Wildman–Crippen LogP) is -3.54. The van der Waals surface area contributed by atoms with Crippen molar-refractivity contribution in [3.63, 3.8) is 0 Å². The van der Waals surface area contributed by atoms with Gasteiger partial charge in [-0.2, -0.15) is 0 Å². The van der Waals surface area contributed by atoms with Gasteiger partial charge in [-0.05, 0) is 0 Å². The standard InChI is InChI=1S/Cu.NO3.4H2O/c;2-1(3)4;;;;/h;;4*1H2/q+2;-1;;;;. The minimum atomic E-state index is -1.75. The smallest absolute Gasteiger partial charge is 0.412 e. The van der Waals surface area contributed by atoms with E-state index >= 15 is 0 Å². The summed E-state index contributed by atoms with van der Waals surface area (Å²) in [5.74, 6) is 0. The van der Waals surface area contributed by atoms with Gasteiger partial charge in [0.05, 0.1) is 5.09 Å². The topological polar surface area (TPSA) is 192 Å². The van der Waals surface area contributed by atoms with E-state index in [1.807, 2.05) is 0 Å². The second kappa shape index (κ2) is 49.7. The Kier molecular flexibility index (Phi) is 412. The van der Waals surface area contributed by atoms with E-state index in [4.69, 9.17) is 15.3 Å². The van der Waals surface area contributed by atoms with Gasteiger partial charge in [-0.3, -0.25) is 0 Å². The van der Waals surface area contributed by atoms with E-state index < -0.39 is 5.09 Å². The van der Waals surface area contributed by atoms with Crippen molar-refractivity contribution in [3.05, 3.63) is 15.3 Å². The first-order valence-electron chi connectivity index (χ1n) is 0.548. The summed E-state index contributed by atoms with van der Waals surface area (Å²) in [7, 11) is 0. The molecule has 0 spiro atoms. The summed E-state index contributed by atoms with van der Waals surface area (Å²) in [5.41, 5.74) is 0. The summed E-state index contributed by atoms with van der Waals surface area (Å²) >= 11 is 0. The molecular weight excluding hydrogens is 190 g/mol. The third-order valence-electron chi connectivity index (χ3n) is 0. The Morgan fingerprint density at radius 1 is 0.889 bits per heavy atom. The third kappa shape index (κ3) is 1200. The molecule has 8 N–H and O–H groups in total. The van der Waals surface area contributed by atoms with Crippen molar-refractivity contribution < 1.29 is 44.1 Å². The average molecular weight is 198 g/mol. The van der Waals surface area contributed by atoms with E-state index in [0.29, 0.717) is 0 Å². The maximum Gasteiger partial charge on any atom is 2.00 e. The van der Waals surface area contributed by atoms with E-state index in [1.54, 1.807) is 0 Å². The van der Waals surface area contributed by atoms with Crippen molar-refractivity contribution in [1.82, 2.24) is 0 Å². The fourth-order valence-electron chi connectivity index (χ4n) is 0. The second-order valence-corrected chi connectivity index (χ2v) is 0.224. The van der Waals surface area contributed by atoms with Crippen LogP contribution in [-0.2, 0) is 17.1 Å². The van der Waals surface area contributed by atoms with Crippen LogP contribution in [0.5, 0.6) is 0 Å². The van der Waals surface area contributed by atoms with Gasteiger partial charge in [0.15, 0.2) is 0 Å². The molecule has 9 heavy (non-hydrogen) atoms. The quantitative estimate of drug-likeness (QED) is 0.221. The molecule has 0 atom stereocenters. The van der Waals surface area contributed by atoms with Gasteiger partial charge in [-0.25, -0.2) is 0 Å². The molecular formula is H8CuNO7+. The first-order valence-corrected chi connectivity index (χ1v) is 0.548. The number of nitrogens with zero attached hydrogens (tertiary/aromatic N) is 1. The van der Waals surface area contributed by atoms with E-state index in [1.165, 1.54) is 0 Å². The summed E-state index contributed by atoms with van der Waals surface area (Å²) in [4.78, 5) is 8.25. The summed E-state index contributed by atoms with van der Waals surface area (Å²) in [6.07, 6.45) is 0. The van der Waals surface area contributed by atoms with Gasteiger partial charge < -0.3 is 37.2 Å². The van der Waals surface area contributed by atoms with Crippen LogP contribution in [0.2, 0.25) is 0 Å². The fraction of sp³-hybridized carbons (Fsp3) is 0. The van der Waals surface area contributed by atoms with E-state index in [0.717, 1.165) is 0 Å². The third-order valence-corrected chi connectivity index (χ3v) is 0. The van der Waals surface area contributed by atoms with Crippen LogP contribution in [0.15, 0.2) is 0 Å². The number of hydrogen-bond donors (Lipinski definition) is 0. The van der Waals surface area contributed by atoms with Crippen LogP contribution in [0.4, 0.5) is 0 Å². The maximum absolute atomic E-state index is 8.25. The van der Waals surface area contributed by atoms with Crippen molar-refractivity contribution in [1.29, 1.82) is 0 Å². The molecule has 0 heterocycles. The molecule has 0 aromatic rings. The van der Waals surface area contributed by atoms with Crippen molar-refractivity contribution in [2.45, 2.75) is 0 Å². The Bertz CT molecular complexity index is 31.9. The fourth-order valence-corrected chi connectivity index (χ4v) is 0. The van der Waals surface area contributed by atoms with Crippen LogP contribution in [0.3, 0.4) is 0 Å². The van der Waals surface area contributed by atoms with Crippen LogP contribution < -0.4 is 0 Å². The maximum atomic E-state index is 8.25. The minimum absolute atomic E-state index is 0. The van der Waals surface area contributed by atoms with Gasteiger partial charge in [-0.15, -0.1) is 0 Å². The molecule has 0 rings (SSSR count). The molecule has 0 aromatic heterocycles. The summed E-state index contributed by atoms with van der Waals surface area (Å²) in [6, 6.07) is 0. The molecule has 0 unspecified atom stereocenters. The van der Waals surface area contributed by atoms with Gasteiger partial charge in [0.25, 0.3) is 0 Å². The molecule has 0 bridgehead atoms. The van der Waals surface area contributed by atoms with Gasteiger partial charge in [-0.1, -0.05) is 0 Å². The number of rotatable bonds is 0. The molecule has 0 saturated heterocycles. The predicted molar refractivity (Wildman–Crippen MR) is 24.8 cm³/mol. The summed E-state index contributed by atoms with van der Waals surface area (Å²) in [6.45, 7) is 0. The van der Waals surface area contributed by atoms with E-state index in [9.17, 15) is 0 Å². The molecule has 0 aromatic carbocycles. The van der Waals surface area contributed by atoms with Crippen LogP contribution in [0, 0.1) is 15.3 Å². The van der Waals surface area contributed by atoms with Crippen molar-refractivity contribution in [2.75, 3.05) is 0 Å². The molecule has 65 valence electrons. The SMILES string of the molecule is O.O.O.O.O=[N+]([O-])[O-].[Cu+2]. The number of hydrogen-bond acceptors (Lipinski definition) is 3. The van der Waals surface area contributed by atoms with Crippen molar-refractivity contribution in [2.24, 2.45) is 0 Å². The zero-order valence-corrected chi connectivity index (χ0v) is 4.92. The Morgan fingerprint density at radius 2 is 0.889 bits per heavy atom. The largest absolute Gasteiger partial charge is 2.00 e.